The Kier molecular flexibility index (Phi) is 6.62. The van der Waals surface area contributed by atoms with Crippen molar-refractivity contribution < 1.29 is 23.2 Å². The Morgan fingerprint density at radius 1 is 1.26 bits per heavy atom. The monoisotopic (exact) mass is 464 g/mol. The number of allylic oxidation sites excluding steroid dienone is 1. The molecule has 0 saturated heterocycles. The number of carbonyl (C=O) groups is 1. The molecule has 2 heterocycles. The summed E-state index contributed by atoms with van der Waals surface area (Å²) in [6, 6.07) is 11.1. The molecule has 1 N–H and O–H groups in total. The summed E-state index contributed by atoms with van der Waals surface area (Å²) in [5.41, 5.74) is 2.55. The van der Waals surface area contributed by atoms with E-state index >= 15 is 0 Å². The summed E-state index contributed by atoms with van der Waals surface area (Å²) >= 11 is 0. The van der Waals surface area contributed by atoms with Crippen molar-refractivity contribution in [1.29, 1.82) is 0 Å². The molecule has 1 aromatic heterocycles. The second-order valence-electron chi connectivity index (χ2n) is 7.56. The summed E-state index contributed by atoms with van der Waals surface area (Å²) in [7, 11) is 1.40. The van der Waals surface area contributed by atoms with E-state index in [0.717, 1.165) is 11.3 Å². The Labute approximate surface area is 196 Å². The lowest BCUT2D eigenvalue weighted by Gasteiger charge is -2.34. The fourth-order valence-electron chi connectivity index (χ4n) is 3.84. The average Bonchev–Trinajstić information content (AvgIpc) is 3.32. The molecule has 1 aliphatic heterocycles. The topological polar surface area (TPSA) is 89.7 Å². The Balaban J connectivity index is 1.77. The number of carbonyl (C=O) groups excluding carboxylic acids is 1. The number of nitrogens with one attached hydrogen (secondary N) is 1. The van der Waals surface area contributed by atoms with Crippen LogP contribution in [0.1, 0.15) is 31.3 Å². The number of rotatable bonds is 8. The molecule has 2 amide bonds. The third kappa shape index (κ3) is 4.36. The molecular weight excluding hydrogens is 439 g/mol. The maximum Gasteiger partial charge on any atom is 0.322 e. The second-order valence-corrected chi connectivity index (χ2v) is 7.56. The normalized spacial score (nSPS) is 15.8. The van der Waals surface area contributed by atoms with Crippen LogP contribution in [-0.4, -0.2) is 41.3 Å². The molecule has 1 aliphatic rings. The van der Waals surface area contributed by atoms with Crippen LogP contribution in [0.3, 0.4) is 0 Å². The lowest BCUT2D eigenvalue weighted by atomic mass is 9.94. The molecule has 176 valence electrons. The van der Waals surface area contributed by atoms with Gasteiger partial charge in [0.25, 0.3) is 5.89 Å². The smallest absolute Gasteiger partial charge is 0.322 e. The van der Waals surface area contributed by atoms with Crippen molar-refractivity contribution in [2.75, 3.05) is 20.3 Å². The number of methoxy groups -OCH3 is 1. The first-order chi connectivity index (χ1) is 16.5. The number of aromatic nitrogens is 2. The molecule has 34 heavy (non-hydrogen) atoms. The van der Waals surface area contributed by atoms with Gasteiger partial charge in [-0.2, -0.15) is 4.98 Å². The Hall–Kier alpha value is -4.14. The van der Waals surface area contributed by atoms with Crippen LogP contribution in [0.15, 0.2) is 65.3 Å². The predicted octanol–water partition coefficient (Wildman–Crippen LogP) is 4.97. The van der Waals surface area contributed by atoms with Crippen LogP contribution in [0.5, 0.6) is 11.5 Å². The second kappa shape index (κ2) is 9.78. The fourth-order valence-corrected chi connectivity index (χ4v) is 3.84. The highest BCUT2D eigenvalue weighted by Crippen LogP contribution is 2.38. The minimum Gasteiger partial charge on any atom is -0.494 e. The van der Waals surface area contributed by atoms with Crippen LogP contribution in [0.2, 0.25) is 0 Å². The van der Waals surface area contributed by atoms with E-state index in [1.807, 2.05) is 38.1 Å². The number of halogens is 1. The van der Waals surface area contributed by atoms with E-state index in [2.05, 4.69) is 22.0 Å². The Bertz CT molecular complexity index is 1240. The first kappa shape index (κ1) is 23.0. The van der Waals surface area contributed by atoms with E-state index in [-0.39, 0.29) is 23.5 Å². The number of nitrogens with zero attached hydrogens (tertiary/aromatic N) is 3. The molecule has 4 rings (SSSR count). The van der Waals surface area contributed by atoms with Gasteiger partial charge in [0, 0.05) is 17.8 Å². The van der Waals surface area contributed by atoms with Crippen LogP contribution in [0.25, 0.3) is 17.0 Å². The van der Waals surface area contributed by atoms with Gasteiger partial charge in [-0.25, -0.2) is 9.18 Å². The first-order valence-corrected chi connectivity index (χ1v) is 10.8. The van der Waals surface area contributed by atoms with Gasteiger partial charge in [-0.1, -0.05) is 23.4 Å². The molecule has 8 nitrogen and oxygen atoms in total. The minimum absolute atomic E-state index is 0.122. The van der Waals surface area contributed by atoms with Crippen LogP contribution in [0.4, 0.5) is 9.18 Å². The lowest BCUT2D eigenvalue weighted by molar-refractivity contribution is 0.209. The van der Waals surface area contributed by atoms with Crippen molar-refractivity contribution in [3.8, 4) is 22.9 Å². The summed E-state index contributed by atoms with van der Waals surface area (Å²) in [4.78, 5) is 18.9. The van der Waals surface area contributed by atoms with Gasteiger partial charge in [0.1, 0.15) is 5.75 Å². The van der Waals surface area contributed by atoms with Crippen molar-refractivity contribution in [3.05, 3.63) is 78.1 Å². The van der Waals surface area contributed by atoms with E-state index in [1.165, 1.54) is 19.2 Å². The van der Waals surface area contributed by atoms with Crippen molar-refractivity contribution in [3.63, 3.8) is 0 Å². The summed E-state index contributed by atoms with van der Waals surface area (Å²) in [5, 5.41) is 7.06. The highest BCUT2D eigenvalue weighted by Gasteiger charge is 2.35. The Morgan fingerprint density at radius 2 is 2.03 bits per heavy atom. The van der Waals surface area contributed by atoms with Crippen LogP contribution < -0.4 is 14.8 Å². The van der Waals surface area contributed by atoms with Gasteiger partial charge in [0.05, 0.1) is 25.3 Å². The molecule has 1 unspecified atom stereocenters. The van der Waals surface area contributed by atoms with Gasteiger partial charge in [-0.3, -0.25) is 4.90 Å². The molecule has 9 heteroatoms. The lowest BCUT2D eigenvalue weighted by Crippen LogP contribution is -2.46. The highest BCUT2D eigenvalue weighted by atomic mass is 19.1. The molecule has 0 aliphatic carbocycles. The average molecular weight is 464 g/mol. The molecule has 0 bridgehead atoms. The molecule has 0 saturated carbocycles. The van der Waals surface area contributed by atoms with E-state index < -0.39 is 11.9 Å². The van der Waals surface area contributed by atoms with Gasteiger partial charge >= 0.3 is 6.03 Å². The number of benzene rings is 2. The zero-order chi connectivity index (χ0) is 24.2. The number of ether oxygens (including phenoxy) is 2. The van der Waals surface area contributed by atoms with Crippen LogP contribution in [0, 0.1) is 5.82 Å². The Morgan fingerprint density at radius 3 is 2.68 bits per heavy atom. The van der Waals surface area contributed by atoms with Gasteiger partial charge in [0.15, 0.2) is 11.6 Å². The van der Waals surface area contributed by atoms with Crippen molar-refractivity contribution in [2.45, 2.75) is 19.9 Å². The highest BCUT2D eigenvalue weighted by molar-refractivity contribution is 5.87. The van der Waals surface area contributed by atoms with E-state index in [9.17, 15) is 9.18 Å². The summed E-state index contributed by atoms with van der Waals surface area (Å²) in [5.74, 6) is 0.754. The summed E-state index contributed by atoms with van der Waals surface area (Å²) in [6.45, 7) is 8.32. The van der Waals surface area contributed by atoms with Crippen molar-refractivity contribution in [2.24, 2.45) is 0 Å². The van der Waals surface area contributed by atoms with Gasteiger partial charge < -0.3 is 19.3 Å². The first-order valence-electron chi connectivity index (χ1n) is 10.8. The number of urea groups is 1. The SMILES string of the molecule is C=CCN1C(=O)NC(c2ccc(OCC)cc2)C(c2nc(-c3ccc(OC)c(F)c3)no2)=C1C. The van der Waals surface area contributed by atoms with Crippen molar-refractivity contribution >= 4 is 11.6 Å². The van der Waals surface area contributed by atoms with E-state index in [0.29, 0.717) is 30.0 Å². The molecule has 0 spiro atoms. The number of amides is 2. The van der Waals surface area contributed by atoms with E-state index in [4.69, 9.17) is 14.0 Å². The van der Waals surface area contributed by atoms with Crippen LogP contribution >= 0.6 is 0 Å². The molecule has 2 aromatic carbocycles. The van der Waals surface area contributed by atoms with Gasteiger partial charge in [-0.05, 0) is 49.7 Å². The fraction of sp³-hybridized carbons (Fsp3) is 0.240. The largest absolute Gasteiger partial charge is 0.494 e. The number of hydrogen-bond donors (Lipinski definition) is 1. The van der Waals surface area contributed by atoms with Crippen molar-refractivity contribution in [1.82, 2.24) is 20.4 Å². The van der Waals surface area contributed by atoms with Gasteiger partial charge in [-0.15, -0.1) is 6.58 Å². The van der Waals surface area contributed by atoms with E-state index in [1.54, 1.807) is 17.0 Å². The predicted molar refractivity (Wildman–Crippen MR) is 125 cm³/mol. The molecule has 1 atom stereocenters. The molecule has 0 fully saturated rings. The van der Waals surface area contributed by atoms with Gasteiger partial charge in [0.2, 0.25) is 5.82 Å². The maximum atomic E-state index is 14.2. The molecule has 0 radical (unpaired) electrons. The van der Waals surface area contributed by atoms with Crippen LogP contribution in [-0.2, 0) is 0 Å². The number of hydrogen-bond acceptors (Lipinski definition) is 6. The quantitative estimate of drug-likeness (QED) is 0.474. The summed E-state index contributed by atoms with van der Waals surface area (Å²) in [6.07, 6.45) is 1.64. The minimum atomic E-state index is -0.537. The zero-order valence-electron chi connectivity index (χ0n) is 19.2. The standard InChI is InChI=1S/C25H25FN4O4/c1-5-13-30-15(3)21(22(27-25(30)31)16-7-10-18(11-8-16)33-6-2)24-28-23(29-34-24)17-9-12-20(32-4)19(26)14-17/h5,7-12,14,22H,1,6,13H2,2-4H3,(H,27,31). The third-order valence-corrected chi connectivity index (χ3v) is 5.50. The molecule has 3 aromatic rings. The molecular formula is C25H25FN4O4. The summed E-state index contributed by atoms with van der Waals surface area (Å²) < 4.78 is 30.3. The maximum absolute atomic E-state index is 14.2. The zero-order valence-corrected chi connectivity index (χ0v) is 19.2. The third-order valence-electron chi connectivity index (χ3n) is 5.50.